The number of nitrogens with two attached hydrogens (primary N) is 1. The molecule has 0 saturated carbocycles. The lowest BCUT2D eigenvalue weighted by molar-refractivity contribution is 0.0700. The first kappa shape index (κ1) is 13.4. The van der Waals surface area contributed by atoms with Crippen LogP contribution in [0.3, 0.4) is 0 Å². The van der Waals surface area contributed by atoms with Gasteiger partial charge in [-0.05, 0) is 0 Å². The minimum atomic E-state index is -0.325. The summed E-state index contributed by atoms with van der Waals surface area (Å²) in [6.45, 7) is 1.58. The average Bonchev–Trinajstić information content (AvgIpc) is 2.34. The maximum Gasteiger partial charge on any atom is 0.259 e. The number of aromatic nitrogens is 1. The van der Waals surface area contributed by atoms with Gasteiger partial charge < -0.3 is 20.4 Å². The van der Waals surface area contributed by atoms with Gasteiger partial charge in [0.15, 0.2) is 5.43 Å². The molecule has 0 atom stereocenters. The predicted molar refractivity (Wildman–Crippen MR) is 63.9 cm³/mol. The number of methoxy groups -OCH3 is 1. The van der Waals surface area contributed by atoms with Gasteiger partial charge >= 0.3 is 0 Å². The second-order valence-corrected chi connectivity index (χ2v) is 3.50. The van der Waals surface area contributed by atoms with Gasteiger partial charge in [-0.25, -0.2) is 0 Å². The summed E-state index contributed by atoms with van der Waals surface area (Å²) < 4.78 is 4.91. The molecule has 1 rings (SSSR count). The van der Waals surface area contributed by atoms with Crippen molar-refractivity contribution in [1.29, 1.82) is 0 Å². The van der Waals surface area contributed by atoms with E-state index >= 15 is 0 Å². The van der Waals surface area contributed by atoms with E-state index in [1.807, 2.05) is 0 Å². The number of amides is 1. The molecule has 0 unspecified atom stereocenters. The number of H-pyrrole nitrogens is 1. The van der Waals surface area contributed by atoms with Gasteiger partial charge in [-0.2, -0.15) is 0 Å². The van der Waals surface area contributed by atoms with E-state index in [1.165, 1.54) is 23.4 Å². The molecular formula is C11H17N3O3. The van der Waals surface area contributed by atoms with Crippen LogP contribution in [0.5, 0.6) is 0 Å². The standard InChI is InChI=1S/C11H17N3O3/c1-17-7-6-14(5-3-12)11(16)9-8-13-4-2-10(9)15/h2,4,8H,3,5-7,12H2,1H3,(H,13,15). The molecule has 6 nitrogen and oxygen atoms in total. The summed E-state index contributed by atoms with van der Waals surface area (Å²) in [4.78, 5) is 27.8. The minimum Gasteiger partial charge on any atom is -0.383 e. The zero-order valence-corrected chi connectivity index (χ0v) is 9.81. The largest absolute Gasteiger partial charge is 0.383 e. The average molecular weight is 239 g/mol. The fraction of sp³-hybridized carbons (Fsp3) is 0.455. The molecular weight excluding hydrogens is 222 g/mol. The Labute approximate surface area is 99.4 Å². The third kappa shape index (κ3) is 3.69. The lowest BCUT2D eigenvalue weighted by Gasteiger charge is -2.21. The molecule has 0 bridgehead atoms. The first-order valence-electron chi connectivity index (χ1n) is 5.36. The first-order valence-corrected chi connectivity index (χ1v) is 5.36. The van der Waals surface area contributed by atoms with E-state index in [0.717, 1.165) is 0 Å². The SMILES string of the molecule is COCCN(CCN)C(=O)c1c[nH]ccc1=O. The lowest BCUT2D eigenvalue weighted by Crippen LogP contribution is -2.39. The quantitative estimate of drug-likeness (QED) is 0.695. The summed E-state index contributed by atoms with van der Waals surface area (Å²) in [5.41, 5.74) is 5.26. The van der Waals surface area contributed by atoms with Crippen molar-refractivity contribution in [3.05, 3.63) is 34.2 Å². The van der Waals surface area contributed by atoms with Crippen LogP contribution in [0.2, 0.25) is 0 Å². The number of nitrogens with one attached hydrogen (secondary N) is 1. The highest BCUT2D eigenvalue weighted by molar-refractivity contribution is 5.93. The van der Waals surface area contributed by atoms with Crippen LogP contribution in [0, 0.1) is 0 Å². The fourth-order valence-corrected chi connectivity index (χ4v) is 1.43. The van der Waals surface area contributed by atoms with Crippen molar-refractivity contribution in [3.63, 3.8) is 0 Å². The Balaban J connectivity index is 2.84. The van der Waals surface area contributed by atoms with Gasteiger partial charge in [-0.3, -0.25) is 9.59 Å². The maximum atomic E-state index is 12.1. The van der Waals surface area contributed by atoms with Crippen molar-refractivity contribution in [3.8, 4) is 0 Å². The normalized spacial score (nSPS) is 10.2. The van der Waals surface area contributed by atoms with Gasteiger partial charge in [0.2, 0.25) is 0 Å². The summed E-state index contributed by atoms with van der Waals surface area (Å²) in [7, 11) is 1.56. The second kappa shape index (κ2) is 6.82. The highest BCUT2D eigenvalue weighted by atomic mass is 16.5. The number of carbonyl (C=O) groups is 1. The van der Waals surface area contributed by atoms with E-state index in [2.05, 4.69) is 4.98 Å². The Morgan fingerprint density at radius 3 is 2.88 bits per heavy atom. The van der Waals surface area contributed by atoms with Gasteiger partial charge in [-0.15, -0.1) is 0 Å². The molecule has 1 heterocycles. The molecule has 17 heavy (non-hydrogen) atoms. The van der Waals surface area contributed by atoms with Gasteiger partial charge in [0.05, 0.1) is 6.61 Å². The van der Waals surface area contributed by atoms with E-state index in [4.69, 9.17) is 10.5 Å². The topological polar surface area (TPSA) is 88.4 Å². The summed E-state index contributed by atoms with van der Waals surface area (Å²) in [5.74, 6) is -0.325. The third-order valence-corrected chi connectivity index (χ3v) is 2.31. The molecule has 6 heteroatoms. The van der Waals surface area contributed by atoms with Crippen LogP contribution in [0.1, 0.15) is 10.4 Å². The Morgan fingerprint density at radius 2 is 2.29 bits per heavy atom. The number of aromatic amines is 1. The van der Waals surface area contributed by atoms with Crippen LogP contribution in [-0.4, -0.2) is 49.1 Å². The number of rotatable bonds is 6. The molecule has 0 fully saturated rings. The number of hydrogen-bond acceptors (Lipinski definition) is 4. The second-order valence-electron chi connectivity index (χ2n) is 3.50. The van der Waals surface area contributed by atoms with Crippen molar-refractivity contribution in [1.82, 2.24) is 9.88 Å². The van der Waals surface area contributed by atoms with Gasteiger partial charge in [-0.1, -0.05) is 0 Å². The molecule has 0 radical (unpaired) electrons. The molecule has 94 valence electrons. The molecule has 1 amide bonds. The monoisotopic (exact) mass is 239 g/mol. The lowest BCUT2D eigenvalue weighted by atomic mass is 10.2. The van der Waals surface area contributed by atoms with Crippen LogP contribution in [0.25, 0.3) is 0 Å². The van der Waals surface area contributed by atoms with Gasteiger partial charge in [0, 0.05) is 45.2 Å². The number of ether oxygens (including phenoxy) is 1. The van der Waals surface area contributed by atoms with Crippen molar-refractivity contribution < 1.29 is 9.53 Å². The van der Waals surface area contributed by atoms with E-state index in [1.54, 1.807) is 7.11 Å². The van der Waals surface area contributed by atoms with Crippen molar-refractivity contribution in [2.24, 2.45) is 5.73 Å². The number of pyridine rings is 1. The number of nitrogens with zero attached hydrogens (tertiary/aromatic N) is 1. The molecule has 3 N–H and O–H groups in total. The summed E-state index contributed by atoms with van der Waals surface area (Å²) in [6.07, 6.45) is 2.89. The van der Waals surface area contributed by atoms with Crippen LogP contribution >= 0.6 is 0 Å². The molecule has 0 aromatic carbocycles. The van der Waals surface area contributed by atoms with Crippen LogP contribution in [0.4, 0.5) is 0 Å². The van der Waals surface area contributed by atoms with E-state index in [0.29, 0.717) is 26.2 Å². The highest BCUT2D eigenvalue weighted by Crippen LogP contribution is 1.98. The molecule has 1 aromatic heterocycles. The molecule has 0 aliphatic rings. The maximum absolute atomic E-state index is 12.1. The molecule has 0 spiro atoms. The predicted octanol–water partition coefficient (Wildman–Crippen LogP) is -0.578. The van der Waals surface area contributed by atoms with Crippen molar-refractivity contribution in [2.45, 2.75) is 0 Å². The third-order valence-electron chi connectivity index (χ3n) is 2.31. The minimum absolute atomic E-state index is 0.122. The molecule has 0 aliphatic heterocycles. The van der Waals surface area contributed by atoms with E-state index in [-0.39, 0.29) is 16.9 Å². The summed E-state index contributed by atoms with van der Waals surface area (Å²) in [5, 5.41) is 0. The van der Waals surface area contributed by atoms with Crippen LogP contribution in [0.15, 0.2) is 23.3 Å². The molecule has 0 aliphatic carbocycles. The van der Waals surface area contributed by atoms with Gasteiger partial charge in [0.25, 0.3) is 5.91 Å². The Hall–Kier alpha value is -1.66. The van der Waals surface area contributed by atoms with Crippen molar-refractivity contribution in [2.75, 3.05) is 33.4 Å². The van der Waals surface area contributed by atoms with E-state index in [9.17, 15) is 9.59 Å². The summed E-state index contributed by atoms with van der Waals surface area (Å²) in [6, 6.07) is 1.32. The molecule has 0 saturated heterocycles. The highest BCUT2D eigenvalue weighted by Gasteiger charge is 2.17. The smallest absolute Gasteiger partial charge is 0.259 e. The summed E-state index contributed by atoms with van der Waals surface area (Å²) >= 11 is 0. The Morgan fingerprint density at radius 1 is 1.53 bits per heavy atom. The number of carbonyl (C=O) groups excluding carboxylic acids is 1. The van der Waals surface area contributed by atoms with Crippen LogP contribution in [-0.2, 0) is 4.74 Å². The number of hydrogen-bond donors (Lipinski definition) is 2. The van der Waals surface area contributed by atoms with Gasteiger partial charge in [0.1, 0.15) is 5.56 Å². The zero-order valence-electron chi connectivity index (χ0n) is 9.81. The van der Waals surface area contributed by atoms with Crippen LogP contribution < -0.4 is 11.2 Å². The Bertz CT molecular complexity index is 416. The van der Waals surface area contributed by atoms with E-state index < -0.39 is 0 Å². The fourth-order valence-electron chi connectivity index (χ4n) is 1.43. The first-order chi connectivity index (χ1) is 8.20. The zero-order chi connectivity index (χ0) is 12.7. The Kier molecular flexibility index (Phi) is 5.38. The van der Waals surface area contributed by atoms with Crippen molar-refractivity contribution >= 4 is 5.91 Å². The molecule has 1 aromatic rings.